The smallest absolute Gasteiger partial charge is 0.124 e. The van der Waals surface area contributed by atoms with Crippen molar-refractivity contribution in [3.8, 4) is 5.75 Å². The Morgan fingerprint density at radius 1 is 1.33 bits per heavy atom. The zero-order chi connectivity index (χ0) is 15.2. The maximum atomic E-state index is 13.5. The Balaban J connectivity index is 2.10. The van der Waals surface area contributed by atoms with Crippen LogP contribution in [0, 0.1) is 5.82 Å². The van der Waals surface area contributed by atoms with Gasteiger partial charge in [0, 0.05) is 16.5 Å². The standard InChI is InChI=1S/C16H19ClFNOS/c1-3-8-19-11(2)14-9-12(18)4-6-15(14)20-10-13-5-7-16(17)21-13/h4-7,9,11,19H,3,8,10H2,1-2H3. The summed E-state index contributed by atoms with van der Waals surface area (Å²) in [4.78, 5) is 1.05. The van der Waals surface area contributed by atoms with Gasteiger partial charge in [0.05, 0.1) is 4.34 Å². The van der Waals surface area contributed by atoms with Crippen LogP contribution in [0.25, 0.3) is 0 Å². The van der Waals surface area contributed by atoms with Gasteiger partial charge in [-0.1, -0.05) is 18.5 Å². The van der Waals surface area contributed by atoms with E-state index in [2.05, 4.69) is 12.2 Å². The fourth-order valence-corrected chi connectivity index (χ4v) is 3.04. The second-order valence-corrected chi connectivity index (χ2v) is 6.65. The van der Waals surface area contributed by atoms with E-state index in [1.807, 2.05) is 19.1 Å². The molecule has 0 radical (unpaired) electrons. The van der Waals surface area contributed by atoms with Crippen molar-refractivity contribution in [2.45, 2.75) is 32.9 Å². The monoisotopic (exact) mass is 327 g/mol. The van der Waals surface area contributed by atoms with Crippen molar-refractivity contribution in [1.82, 2.24) is 5.32 Å². The first-order valence-corrected chi connectivity index (χ1v) is 8.19. The molecule has 1 heterocycles. The molecule has 0 aliphatic heterocycles. The minimum atomic E-state index is -0.248. The number of ether oxygens (including phenoxy) is 1. The van der Waals surface area contributed by atoms with Crippen LogP contribution in [0.5, 0.6) is 5.75 Å². The molecule has 2 aromatic rings. The van der Waals surface area contributed by atoms with E-state index < -0.39 is 0 Å². The van der Waals surface area contributed by atoms with Gasteiger partial charge in [0.1, 0.15) is 18.2 Å². The summed E-state index contributed by atoms with van der Waals surface area (Å²) in [5.74, 6) is 0.457. The molecule has 114 valence electrons. The van der Waals surface area contributed by atoms with Gasteiger partial charge in [-0.15, -0.1) is 11.3 Å². The topological polar surface area (TPSA) is 21.3 Å². The van der Waals surface area contributed by atoms with E-state index in [0.29, 0.717) is 12.4 Å². The number of halogens is 2. The van der Waals surface area contributed by atoms with Crippen LogP contribution in [0.2, 0.25) is 4.34 Å². The van der Waals surface area contributed by atoms with Crippen LogP contribution >= 0.6 is 22.9 Å². The maximum Gasteiger partial charge on any atom is 0.124 e. The van der Waals surface area contributed by atoms with E-state index in [4.69, 9.17) is 16.3 Å². The Hall–Kier alpha value is -1.10. The van der Waals surface area contributed by atoms with Crippen LogP contribution in [-0.2, 0) is 6.61 Å². The number of rotatable bonds is 7. The summed E-state index contributed by atoms with van der Waals surface area (Å²) in [7, 11) is 0. The van der Waals surface area contributed by atoms with Crippen molar-refractivity contribution in [3.05, 3.63) is 50.9 Å². The summed E-state index contributed by atoms with van der Waals surface area (Å²) < 4.78 is 20.1. The van der Waals surface area contributed by atoms with Gasteiger partial charge in [0.25, 0.3) is 0 Å². The van der Waals surface area contributed by atoms with E-state index in [1.54, 1.807) is 6.07 Å². The van der Waals surface area contributed by atoms with Gasteiger partial charge in [-0.25, -0.2) is 4.39 Å². The van der Waals surface area contributed by atoms with Crippen LogP contribution in [0.15, 0.2) is 30.3 Å². The molecule has 0 aliphatic carbocycles. The second kappa shape index (κ2) is 7.78. The Morgan fingerprint density at radius 3 is 2.81 bits per heavy atom. The largest absolute Gasteiger partial charge is 0.488 e. The third-order valence-corrected chi connectivity index (χ3v) is 4.34. The summed E-state index contributed by atoms with van der Waals surface area (Å²) >= 11 is 7.39. The summed E-state index contributed by atoms with van der Waals surface area (Å²) in [6, 6.07) is 8.47. The fraction of sp³-hybridized carbons (Fsp3) is 0.375. The number of benzene rings is 1. The van der Waals surface area contributed by atoms with Crippen LogP contribution < -0.4 is 10.1 Å². The molecule has 0 saturated carbocycles. The van der Waals surface area contributed by atoms with Crippen molar-refractivity contribution in [2.24, 2.45) is 0 Å². The number of nitrogens with one attached hydrogen (secondary N) is 1. The van der Waals surface area contributed by atoms with Crippen LogP contribution in [0.1, 0.15) is 36.8 Å². The number of thiophene rings is 1. The minimum absolute atomic E-state index is 0.0440. The molecular formula is C16H19ClFNOS. The zero-order valence-corrected chi connectivity index (χ0v) is 13.7. The molecule has 0 saturated heterocycles. The molecule has 0 spiro atoms. The quantitative estimate of drug-likeness (QED) is 0.756. The molecule has 21 heavy (non-hydrogen) atoms. The maximum absolute atomic E-state index is 13.5. The first-order chi connectivity index (χ1) is 10.1. The van der Waals surface area contributed by atoms with Crippen molar-refractivity contribution in [3.63, 3.8) is 0 Å². The Bertz CT molecular complexity index is 587. The van der Waals surface area contributed by atoms with Gasteiger partial charge >= 0.3 is 0 Å². The average Bonchev–Trinajstić information content (AvgIpc) is 2.89. The fourth-order valence-electron chi connectivity index (χ4n) is 2.04. The third kappa shape index (κ3) is 4.70. The molecule has 0 fully saturated rings. The van der Waals surface area contributed by atoms with Gasteiger partial charge in [-0.05, 0) is 50.2 Å². The Kier molecular flexibility index (Phi) is 6.03. The van der Waals surface area contributed by atoms with Crippen LogP contribution in [0.4, 0.5) is 4.39 Å². The van der Waals surface area contributed by atoms with Crippen LogP contribution in [0.3, 0.4) is 0 Å². The summed E-state index contributed by atoms with van der Waals surface area (Å²) in [5, 5.41) is 3.35. The van der Waals surface area contributed by atoms with E-state index in [1.165, 1.54) is 23.5 Å². The molecule has 1 aromatic carbocycles. The van der Waals surface area contributed by atoms with E-state index in [0.717, 1.165) is 27.7 Å². The van der Waals surface area contributed by atoms with Crippen molar-refractivity contribution >= 4 is 22.9 Å². The second-order valence-electron chi connectivity index (χ2n) is 4.85. The minimum Gasteiger partial charge on any atom is -0.488 e. The van der Waals surface area contributed by atoms with Crippen molar-refractivity contribution < 1.29 is 9.13 Å². The molecule has 2 nitrogen and oxygen atoms in total. The summed E-state index contributed by atoms with van der Waals surface area (Å²) in [6.07, 6.45) is 1.03. The summed E-state index contributed by atoms with van der Waals surface area (Å²) in [5.41, 5.74) is 0.839. The highest BCUT2D eigenvalue weighted by Gasteiger charge is 2.13. The zero-order valence-electron chi connectivity index (χ0n) is 12.2. The molecular weight excluding hydrogens is 309 g/mol. The van der Waals surface area contributed by atoms with Gasteiger partial charge < -0.3 is 10.1 Å². The molecule has 0 aliphatic rings. The average molecular weight is 328 g/mol. The SMILES string of the molecule is CCCNC(C)c1cc(F)ccc1OCc1ccc(Cl)s1. The lowest BCUT2D eigenvalue weighted by Crippen LogP contribution is -2.20. The highest BCUT2D eigenvalue weighted by molar-refractivity contribution is 7.16. The predicted molar refractivity (Wildman–Crippen MR) is 86.8 cm³/mol. The van der Waals surface area contributed by atoms with Gasteiger partial charge in [0.2, 0.25) is 0 Å². The van der Waals surface area contributed by atoms with Crippen molar-refractivity contribution in [2.75, 3.05) is 6.54 Å². The molecule has 1 N–H and O–H groups in total. The highest BCUT2D eigenvalue weighted by Crippen LogP contribution is 2.28. The molecule has 5 heteroatoms. The molecule has 2 rings (SSSR count). The molecule has 1 unspecified atom stereocenters. The van der Waals surface area contributed by atoms with E-state index in [9.17, 15) is 4.39 Å². The summed E-state index contributed by atoms with van der Waals surface area (Å²) in [6.45, 7) is 5.44. The van der Waals surface area contributed by atoms with E-state index in [-0.39, 0.29) is 11.9 Å². The first kappa shape index (κ1) is 16.3. The third-order valence-electron chi connectivity index (χ3n) is 3.14. The normalized spacial score (nSPS) is 12.4. The molecule has 0 bridgehead atoms. The molecule has 1 atom stereocenters. The van der Waals surface area contributed by atoms with Crippen molar-refractivity contribution in [1.29, 1.82) is 0 Å². The van der Waals surface area contributed by atoms with Gasteiger partial charge in [0.15, 0.2) is 0 Å². The van der Waals surface area contributed by atoms with Gasteiger partial charge in [-0.2, -0.15) is 0 Å². The van der Waals surface area contributed by atoms with Crippen LogP contribution in [-0.4, -0.2) is 6.54 Å². The lowest BCUT2D eigenvalue weighted by atomic mass is 10.1. The number of hydrogen-bond acceptors (Lipinski definition) is 3. The highest BCUT2D eigenvalue weighted by atomic mass is 35.5. The lowest BCUT2D eigenvalue weighted by Gasteiger charge is -2.18. The lowest BCUT2D eigenvalue weighted by molar-refractivity contribution is 0.302. The molecule has 0 amide bonds. The Labute approximate surface area is 133 Å². The Morgan fingerprint density at radius 2 is 2.14 bits per heavy atom. The first-order valence-electron chi connectivity index (χ1n) is 7.00. The van der Waals surface area contributed by atoms with Gasteiger partial charge in [-0.3, -0.25) is 0 Å². The predicted octanol–water partition coefficient (Wildman–Crippen LogP) is 5.18. The number of hydrogen-bond donors (Lipinski definition) is 1. The molecule has 1 aromatic heterocycles. The van der Waals surface area contributed by atoms with E-state index >= 15 is 0 Å².